The van der Waals surface area contributed by atoms with Crippen LogP contribution in [0, 0.1) is 0 Å². The van der Waals surface area contributed by atoms with Crippen molar-refractivity contribution in [1.82, 2.24) is 0 Å². The second kappa shape index (κ2) is 6.92. The summed E-state index contributed by atoms with van der Waals surface area (Å²) in [6, 6.07) is 17.3. The van der Waals surface area contributed by atoms with Crippen LogP contribution in [0.25, 0.3) is 0 Å². The molecule has 0 aromatic heterocycles. The lowest BCUT2D eigenvalue weighted by Gasteiger charge is -2.12. The van der Waals surface area contributed by atoms with Crippen LogP contribution in [-0.4, -0.2) is 18.3 Å². The fourth-order valence-corrected chi connectivity index (χ4v) is 1.87. The van der Waals surface area contributed by atoms with Crippen molar-refractivity contribution < 1.29 is 9.84 Å². The average molecular weight is 257 g/mol. The van der Waals surface area contributed by atoms with Gasteiger partial charge in [0, 0.05) is 0 Å². The van der Waals surface area contributed by atoms with Gasteiger partial charge in [0.2, 0.25) is 0 Å². The first kappa shape index (κ1) is 13.6. The highest BCUT2D eigenvalue weighted by Crippen LogP contribution is 2.17. The van der Waals surface area contributed by atoms with Crippen molar-refractivity contribution in [2.75, 3.05) is 13.2 Å². The summed E-state index contributed by atoms with van der Waals surface area (Å²) in [4.78, 5) is 0. The average Bonchev–Trinajstić information content (AvgIpc) is 2.47. The molecule has 0 aliphatic rings. The van der Waals surface area contributed by atoms with E-state index in [1.54, 1.807) is 0 Å². The van der Waals surface area contributed by atoms with Crippen LogP contribution in [0.2, 0.25) is 0 Å². The Hall–Kier alpha value is -1.84. The Balaban J connectivity index is 1.88. The van der Waals surface area contributed by atoms with Crippen LogP contribution in [0.1, 0.15) is 17.2 Å². The first-order chi connectivity index (χ1) is 9.29. The molecule has 0 fully saturated rings. The molecule has 1 unspecified atom stereocenters. The summed E-state index contributed by atoms with van der Waals surface area (Å²) >= 11 is 0. The summed E-state index contributed by atoms with van der Waals surface area (Å²) < 4.78 is 5.57. The van der Waals surface area contributed by atoms with Crippen molar-refractivity contribution in [3.05, 3.63) is 65.7 Å². The van der Waals surface area contributed by atoms with Gasteiger partial charge in [0.05, 0.1) is 0 Å². The molecular weight excluding hydrogens is 238 g/mol. The summed E-state index contributed by atoms with van der Waals surface area (Å²) in [7, 11) is 0. The summed E-state index contributed by atoms with van der Waals surface area (Å²) in [5.74, 6) is 0.760. The molecule has 0 spiro atoms. The van der Waals surface area contributed by atoms with E-state index >= 15 is 0 Å². The van der Waals surface area contributed by atoms with Gasteiger partial charge in [-0.15, -0.1) is 0 Å². The van der Waals surface area contributed by atoms with Crippen molar-refractivity contribution in [2.45, 2.75) is 12.5 Å². The SMILES string of the molecule is NCCc1ccc(OCC(O)c2ccccc2)cc1. The van der Waals surface area contributed by atoms with E-state index < -0.39 is 6.10 Å². The molecule has 0 aliphatic heterocycles. The summed E-state index contributed by atoms with van der Waals surface area (Å²) in [5, 5.41) is 9.98. The normalized spacial score (nSPS) is 12.1. The second-order valence-corrected chi connectivity index (χ2v) is 4.42. The van der Waals surface area contributed by atoms with Crippen LogP contribution in [0.5, 0.6) is 5.75 Å². The van der Waals surface area contributed by atoms with Gasteiger partial charge in [0.15, 0.2) is 0 Å². The number of aliphatic hydroxyl groups is 1. The molecule has 2 aromatic carbocycles. The minimum Gasteiger partial charge on any atom is -0.491 e. The Morgan fingerprint density at radius 2 is 1.68 bits per heavy atom. The van der Waals surface area contributed by atoms with E-state index in [0.717, 1.165) is 17.7 Å². The zero-order valence-electron chi connectivity index (χ0n) is 10.8. The molecule has 0 bridgehead atoms. The lowest BCUT2D eigenvalue weighted by Crippen LogP contribution is -2.09. The highest BCUT2D eigenvalue weighted by atomic mass is 16.5. The smallest absolute Gasteiger partial charge is 0.119 e. The molecule has 100 valence electrons. The summed E-state index contributed by atoms with van der Waals surface area (Å²) in [6.07, 6.45) is 0.261. The van der Waals surface area contributed by atoms with Crippen LogP contribution in [-0.2, 0) is 6.42 Å². The largest absolute Gasteiger partial charge is 0.491 e. The number of hydrogen-bond acceptors (Lipinski definition) is 3. The summed E-state index contributed by atoms with van der Waals surface area (Å²) in [5.41, 5.74) is 7.55. The minimum absolute atomic E-state index is 0.250. The molecule has 0 heterocycles. The van der Waals surface area contributed by atoms with Gasteiger partial charge < -0.3 is 15.6 Å². The third-order valence-electron chi connectivity index (χ3n) is 2.95. The number of rotatable bonds is 6. The van der Waals surface area contributed by atoms with Crippen LogP contribution in [0.4, 0.5) is 0 Å². The van der Waals surface area contributed by atoms with Crippen LogP contribution in [0.3, 0.4) is 0 Å². The first-order valence-electron chi connectivity index (χ1n) is 6.44. The molecule has 2 aromatic rings. The molecule has 2 rings (SSSR count). The Morgan fingerprint density at radius 1 is 1.00 bits per heavy atom. The van der Waals surface area contributed by atoms with Gasteiger partial charge in [-0.1, -0.05) is 42.5 Å². The molecule has 0 saturated carbocycles. The van der Waals surface area contributed by atoms with E-state index in [4.69, 9.17) is 10.5 Å². The van der Waals surface area contributed by atoms with Crippen molar-refractivity contribution >= 4 is 0 Å². The van der Waals surface area contributed by atoms with Crippen LogP contribution >= 0.6 is 0 Å². The standard InChI is InChI=1S/C16H19NO2/c17-11-10-13-6-8-15(9-7-13)19-12-16(18)14-4-2-1-3-5-14/h1-9,16,18H,10-12,17H2. The third kappa shape index (κ3) is 4.09. The van der Waals surface area contributed by atoms with Crippen molar-refractivity contribution in [1.29, 1.82) is 0 Å². The molecule has 0 amide bonds. The molecule has 19 heavy (non-hydrogen) atoms. The fraction of sp³-hybridized carbons (Fsp3) is 0.250. The number of aliphatic hydroxyl groups excluding tert-OH is 1. The number of hydrogen-bond donors (Lipinski definition) is 2. The van der Waals surface area contributed by atoms with E-state index in [2.05, 4.69) is 0 Å². The molecule has 0 radical (unpaired) electrons. The Kier molecular flexibility index (Phi) is 4.95. The van der Waals surface area contributed by atoms with Gasteiger partial charge in [0.1, 0.15) is 18.5 Å². The number of ether oxygens (including phenoxy) is 1. The van der Waals surface area contributed by atoms with Crippen molar-refractivity contribution in [2.24, 2.45) is 5.73 Å². The maximum Gasteiger partial charge on any atom is 0.119 e. The fourth-order valence-electron chi connectivity index (χ4n) is 1.87. The van der Waals surface area contributed by atoms with Gasteiger partial charge in [-0.3, -0.25) is 0 Å². The highest BCUT2D eigenvalue weighted by Gasteiger charge is 2.07. The minimum atomic E-state index is -0.607. The molecule has 1 atom stereocenters. The first-order valence-corrected chi connectivity index (χ1v) is 6.44. The van der Waals surface area contributed by atoms with E-state index in [9.17, 15) is 5.11 Å². The van der Waals surface area contributed by atoms with Gasteiger partial charge in [-0.25, -0.2) is 0 Å². The molecular formula is C16H19NO2. The topological polar surface area (TPSA) is 55.5 Å². The van der Waals surface area contributed by atoms with Gasteiger partial charge in [-0.2, -0.15) is 0 Å². The monoisotopic (exact) mass is 257 g/mol. The number of benzene rings is 2. The van der Waals surface area contributed by atoms with Gasteiger partial charge in [-0.05, 0) is 36.2 Å². The number of nitrogens with two attached hydrogens (primary N) is 1. The van der Waals surface area contributed by atoms with Gasteiger partial charge in [0.25, 0.3) is 0 Å². The van der Waals surface area contributed by atoms with E-state index in [0.29, 0.717) is 6.54 Å². The lowest BCUT2D eigenvalue weighted by atomic mass is 10.1. The van der Waals surface area contributed by atoms with Crippen LogP contribution in [0.15, 0.2) is 54.6 Å². The highest BCUT2D eigenvalue weighted by molar-refractivity contribution is 5.27. The van der Waals surface area contributed by atoms with E-state index in [-0.39, 0.29) is 6.61 Å². The second-order valence-electron chi connectivity index (χ2n) is 4.42. The maximum absolute atomic E-state index is 9.98. The Labute approximate surface area is 113 Å². The third-order valence-corrected chi connectivity index (χ3v) is 2.95. The quantitative estimate of drug-likeness (QED) is 0.835. The molecule has 3 heteroatoms. The maximum atomic E-state index is 9.98. The summed E-state index contributed by atoms with van der Waals surface area (Å²) in [6.45, 7) is 0.896. The Morgan fingerprint density at radius 3 is 2.32 bits per heavy atom. The lowest BCUT2D eigenvalue weighted by molar-refractivity contribution is 0.108. The molecule has 3 N–H and O–H groups in total. The molecule has 0 aliphatic carbocycles. The van der Waals surface area contributed by atoms with Crippen LogP contribution < -0.4 is 10.5 Å². The van der Waals surface area contributed by atoms with Gasteiger partial charge >= 0.3 is 0 Å². The van der Waals surface area contributed by atoms with E-state index in [1.807, 2.05) is 54.6 Å². The molecule has 0 saturated heterocycles. The predicted octanol–water partition coefficient (Wildman–Crippen LogP) is 2.30. The zero-order chi connectivity index (χ0) is 13.5. The molecule has 3 nitrogen and oxygen atoms in total. The Bertz CT molecular complexity index is 482. The van der Waals surface area contributed by atoms with E-state index in [1.165, 1.54) is 5.56 Å². The van der Waals surface area contributed by atoms with Crippen molar-refractivity contribution in [3.8, 4) is 5.75 Å². The predicted molar refractivity (Wildman–Crippen MR) is 76.1 cm³/mol. The van der Waals surface area contributed by atoms with Crippen molar-refractivity contribution in [3.63, 3.8) is 0 Å². The zero-order valence-corrected chi connectivity index (χ0v) is 10.8.